The topological polar surface area (TPSA) is 78.4 Å². The fourth-order valence-electron chi connectivity index (χ4n) is 2.10. The quantitative estimate of drug-likeness (QED) is 0.717. The van der Waals surface area contributed by atoms with Crippen molar-refractivity contribution in [2.45, 2.75) is 12.5 Å². The van der Waals surface area contributed by atoms with Crippen LogP contribution in [-0.2, 0) is 11.2 Å². The second kappa shape index (κ2) is 8.70. The summed E-state index contributed by atoms with van der Waals surface area (Å²) in [6, 6.07) is 18.2. The zero-order valence-corrected chi connectivity index (χ0v) is 12.7. The van der Waals surface area contributed by atoms with Gasteiger partial charge in [0.1, 0.15) is 0 Å². The van der Waals surface area contributed by atoms with Gasteiger partial charge in [0.05, 0.1) is 12.6 Å². The lowest BCUT2D eigenvalue weighted by atomic mass is 10.1. The average Bonchev–Trinajstić information content (AvgIpc) is 2.59. The number of carbonyl (C=O) groups excluding carboxylic acids is 2. The molecule has 0 aliphatic heterocycles. The maximum Gasteiger partial charge on any atom is 0.251 e. The van der Waals surface area contributed by atoms with Crippen molar-refractivity contribution >= 4 is 11.8 Å². The van der Waals surface area contributed by atoms with E-state index in [1.54, 1.807) is 24.3 Å². The number of nitrogens with one attached hydrogen (secondary N) is 2. The van der Waals surface area contributed by atoms with E-state index in [2.05, 4.69) is 10.6 Å². The molecule has 0 radical (unpaired) electrons. The standard InChI is InChI=1S/C18H20N2O3/c21-16(11-14-7-3-1-4-8-14)12-19-17(22)13-20-18(23)15-9-5-2-6-10-15/h1-10,16,21H,11-13H2,(H,19,22)(H,20,23). The van der Waals surface area contributed by atoms with E-state index in [0.29, 0.717) is 12.0 Å². The van der Waals surface area contributed by atoms with Crippen LogP contribution in [0.1, 0.15) is 15.9 Å². The normalized spacial score (nSPS) is 11.5. The predicted molar refractivity (Wildman–Crippen MR) is 87.9 cm³/mol. The summed E-state index contributed by atoms with van der Waals surface area (Å²) in [5, 5.41) is 15.1. The number of aliphatic hydroxyl groups excluding tert-OH is 1. The lowest BCUT2D eigenvalue weighted by molar-refractivity contribution is -0.120. The Morgan fingerprint density at radius 2 is 1.52 bits per heavy atom. The zero-order chi connectivity index (χ0) is 16.5. The van der Waals surface area contributed by atoms with E-state index >= 15 is 0 Å². The van der Waals surface area contributed by atoms with Crippen molar-refractivity contribution in [3.05, 3.63) is 71.8 Å². The van der Waals surface area contributed by atoms with Crippen LogP contribution in [-0.4, -0.2) is 36.1 Å². The van der Waals surface area contributed by atoms with Gasteiger partial charge in [0.15, 0.2) is 0 Å². The second-order valence-electron chi connectivity index (χ2n) is 5.20. The fourth-order valence-corrected chi connectivity index (χ4v) is 2.10. The second-order valence-corrected chi connectivity index (χ2v) is 5.20. The van der Waals surface area contributed by atoms with Crippen molar-refractivity contribution in [3.8, 4) is 0 Å². The Balaban J connectivity index is 1.68. The first kappa shape index (κ1) is 16.7. The average molecular weight is 312 g/mol. The molecule has 0 bridgehead atoms. The number of benzene rings is 2. The Kier molecular flexibility index (Phi) is 6.32. The molecule has 120 valence electrons. The highest BCUT2D eigenvalue weighted by Gasteiger charge is 2.10. The van der Waals surface area contributed by atoms with Gasteiger partial charge in [0.2, 0.25) is 5.91 Å². The van der Waals surface area contributed by atoms with E-state index in [-0.39, 0.29) is 24.9 Å². The molecule has 0 aromatic heterocycles. The smallest absolute Gasteiger partial charge is 0.251 e. The van der Waals surface area contributed by atoms with E-state index in [0.717, 1.165) is 5.56 Å². The van der Waals surface area contributed by atoms with Crippen LogP contribution in [0.2, 0.25) is 0 Å². The number of carbonyl (C=O) groups is 2. The van der Waals surface area contributed by atoms with Gasteiger partial charge in [0.25, 0.3) is 5.91 Å². The summed E-state index contributed by atoms with van der Waals surface area (Å²) in [7, 11) is 0. The molecule has 2 amide bonds. The van der Waals surface area contributed by atoms with Crippen LogP contribution in [0.3, 0.4) is 0 Å². The molecular formula is C18H20N2O3. The Morgan fingerprint density at radius 1 is 0.913 bits per heavy atom. The molecule has 3 N–H and O–H groups in total. The number of hydrogen-bond donors (Lipinski definition) is 3. The van der Waals surface area contributed by atoms with Crippen LogP contribution in [0.5, 0.6) is 0 Å². The maximum atomic E-state index is 11.8. The molecule has 1 atom stereocenters. The summed E-state index contributed by atoms with van der Waals surface area (Å²) in [5.74, 6) is -0.632. The lowest BCUT2D eigenvalue weighted by Gasteiger charge is -2.12. The van der Waals surface area contributed by atoms with Gasteiger partial charge in [-0.15, -0.1) is 0 Å². The molecule has 23 heavy (non-hydrogen) atoms. The molecule has 2 rings (SSSR count). The van der Waals surface area contributed by atoms with E-state index in [1.165, 1.54) is 0 Å². The predicted octanol–water partition coefficient (Wildman–Crippen LogP) is 1.14. The highest BCUT2D eigenvalue weighted by Crippen LogP contribution is 2.02. The highest BCUT2D eigenvalue weighted by atomic mass is 16.3. The molecule has 0 aliphatic carbocycles. The van der Waals surface area contributed by atoms with Crippen LogP contribution in [0.25, 0.3) is 0 Å². The Hall–Kier alpha value is -2.66. The van der Waals surface area contributed by atoms with Gasteiger partial charge in [-0.05, 0) is 17.7 Å². The molecule has 5 heteroatoms. The van der Waals surface area contributed by atoms with Gasteiger partial charge < -0.3 is 15.7 Å². The molecular weight excluding hydrogens is 292 g/mol. The third-order valence-electron chi connectivity index (χ3n) is 3.29. The van der Waals surface area contributed by atoms with E-state index in [1.807, 2.05) is 36.4 Å². The number of amides is 2. The monoisotopic (exact) mass is 312 g/mol. The molecule has 0 spiro atoms. The van der Waals surface area contributed by atoms with Crippen LogP contribution >= 0.6 is 0 Å². The molecule has 0 saturated carbocycles. The van der Waals surface area contributed by atoms with Gasteiger partial charge in [0, 0.05) is 18.5 Å². The van der Waals surface area contributed by atoms with Crippen molar-refractivity contribution in [1.82, 2.24) is 10.6 Å². The van der Waals surface area contributed by atoms with Crippen molar-refractivity contribution < 1.29 is 14.7 Å². The van der Waals surface area contributed by atoms with Crippen LogP contribution in [0.4, 0.5) is 0 Å². The maximum absolute atomic E-state index is 11.8. The minimum Gasteiger partial charge on any atom is -0.391 e. The fraction of sp³-hybridized carbons (Fsp3) is 0.222. The van der Waals surface area contributed by atoms with Gasteiger partial charge in [-0.2, -0.15) is 0 Å². The zero-order valence-electron chi connectivity index (χ0n) is 12.7. The highest BCUT2D eigenvalue weighted by molar-refractivity contribution is 5.96. The molecule has 0 saturated heterocycles. The summed E-state index contributed by atoms with van der Waals surface area (Å²) in [4.78, 5) is 23.5. The molecule has 5 nitrogen and oxygen atoms in total. The number of aliphatic hydroxyl groups is 1. The molecule has 0 fully saturated rings. The molecule has 2 aromatic rings. The molecule has 1 unspecified atom stereocenters. The van der Waals surface area contributed by atoms with Crippen molar-refractivity contribution in [3.63, 3.8) is 0 Å². The SMILES string of the molecule is O=C(CNC(=O)c1ccccc1)NCC(O)Cc1ccccc1. The minimum absolute atomic E-state index is 0.119. The molecule has 2 aromatic carbocycles. The summed E-state index contributed by atoms with van der Waals surface area (Å²) in [5.41, 5.74) is 1.51. The minimum atomic E-state index is -0.661. The van der Waals surface area contributed by atoms with Crippen LogP contribution in [0.15, 0.2) is 60.7 Å². The van der Waals surface area contributed by atoms with Gasteiger partial charge in [-0.3, -0.25) is 9.59 Å². The van der Waals surface area contributed by atoms with E-state index < -0.39 is 6.10 Å². The van der Waals surface area contributed by atoms with Crippen LogP contribution < -0.4 is 10.6 Å². The summed E-state index contributed by atoms with van der Waals surface area (Å²) >= 11 is 0. The molecule has 0 heterocycles. The van der Waals surface area contributed by atoms with Gasteiger partial charge >= 0.3 is 0 Å². The van der Waals surface area contributed by atoms with Crippen molar-refractivity contribution in [1.29, 1.82) is 0 Å². The number of hydrogen-bond acceptors (Lipinski definition) is 3. The first-order valence-corrected chi connectivity index (χ1v) is 7.47. The summed E-state index contributed by atoms with van der Waals surface area (Å²) in [6.45, 7) is 0.0285. The summed E-state index contributed by atoms with van der Waals surface area (Å²) in [6.07, 6.45) is -0.191. The van der Waals surface area contributed by atoms with Crippen LogP contribution in [0, 0.1) is 0 Å². The Morgan fingerprint density at radius 3 is 2.17 bits per heavy atom. The lowest BCUT2D eigenvalue weighted by Crippen LogP contribution is -2.40. The Labute approximate surface area is 135 Å². The Bertz CT molecular complexity index is 629. The number of rotatable bonds is 7. The molecule has 0 aliphatic rings. The third-order valence-corrected chi connectivity index (χ3v) is 3.29. The van der Waals surface area contributed by atoms with E-state index in [4.69, 9.17) is 0 Å². The van der Waals surface area contributed by atoms with Crippen molar-refractivity contribution in [2.75, 3.05) is 13.1 Å². The summed E-state index contributed by atoms with van der Waals surface area (Å²) < 4.78 is 0. The van der Waals surface area contributed by atoms with Crippen molar-refractivity contribution in [2.24, 2.45) is 0 Å². The largest absolute Gasteiger partial charge is 0.391 e. The third kappa shape index (κ3) is 5.92. The van der Waals surface area contributed by atoms with E-state index in [9.17, 15) is 14.7 Å². The van der Waals surface area contributed by atoms with Gasteiger partial charge in [-0.1, -0.05) is 48.5 Å². The first-order valence-electron chi connectivity index (χ1n) is 7.47. The van der Waals surface area contributed by atoms with Gasteiger partial charge in [-0.25, -0.2) is 0 Å². The first-order chi connectivity index (χ1) is 11.1.